The van der Waals surface area contributed by atoms with Crippen LogP contribution in [0.4, 0.5) is 0 Å². The number of benzene rings is 1. The number of thiazole rings is 1. The first kappa shape index (κ1) is 13.4. The van der Waals surface area contributed by atoms with Crippen LogP contribution in [-0.4, -0.2) is 27.8 Å². The number of fused-ring (bicyclic) bond motifs is 1. The molecule has 0 bridgehead atoms. The Morgan fingerprint density at radius 3 is 2.43 bits per heavy atom. The standard InChI is InChI=1S/C14H10N2O4S/c1-2-10-11(21-7-15-10)14(19)20-16-12(17)8-5-3-4-6-9(8)13(16)18/h3-7H,2H2,1H3. The van der Waals surface area contributed by atoms with Gasteiger partial charge in [0, 0.05) is 0 Å². The minimum Gasteiger partial charge on any atom is -0.323 e. The van der Waals surface area contributed by atoms with E-state index in [0.717, 1.165) is 11.3 Å². The number of aryl methyl sites for hydroxylation is 1. The lowest BCUT2D eigenvalue weighted by atomic mass is 10.1. The van der Waals surface area contributed by atoms with Gasteiger partial charge in [-0.05, 0) is 18.6 Å². The van der Waals surface area contributed by atoms with Gasteiger partial charge in [0.2, 0.25) is 0 Å². The fourth-order valence-corrected chi connectivity index (χ4v) is 2.81. The highest BCUT2D eigenvalue weighted by molar-refractivity contribution is 7.11. The van der Waals surface area contributed by atoms with E-state index in [0.29, 0.717) is 22.1 Å². The quantitative estimate of drug-likeness (QED) is 0.811. The van der Waals surface area contributed by atoms with Crippen LogP contribution in [0.15, 0.2) is 29.8 Å². The lowest BCUT2D eigenvalue weighted by Crippen LogP contribution is -2.32. The molecular weight excluding hydrogens is 292 g/mol. The topological polar surface area (TPSA) is 76.6 Å². The van der Waals surface area contributed by atoms with Gasteiger partial charge in [0.15, 0.2) is 0 Å². The molecule has 3 rings (SSSR count). The summed E-state index contributed by atoms with van der Waals surface area (Å²) in [6.07, 6.45) is 0.566. The second kappa shape index (κ2) is 5.10. The zero-order valence-electron chi connectivity index (χ0n) is 11.0. The molecule has 0 saturated heterocycles. The zero-order valence-corrected chi connectivity index (χ0v) is 11.8. The number of hydroxylamine groups is 2. The first-order valence-electron chi connectivity index (χ1n) is 6.26. The summed E-state index contributed by atoms with van der Waals surface area (Å²) in [5, 5.41) is 0.506. The third-order valence-electron chi connectivity index (χ3n) is 3.09. The Labute approximate surface area is 123 Å². The van der Waals surface area contributed by atoms with E-state index in [-0.39, 0.29) is 11.1 Å². The van der Waals surface area contributed by atoms with Gasteiger partial charge in [-0.3, -0.25) is 9.59 Å². The first-order valence-corrected chi connectivity index (χ1v) is 7.14. The molecule has 1 aromatic heterocycles. The van der Waals surface area contributed by atoms with Crippen molar-refractivity contribution < 1.29 is 19.2 Å². The molecule has 0 radical (unpaired) electrons. The number of amides is 2. The molecule has 0 saturated carbocycles. The molecule has 2 aromatic rings. The van der Waals surface area contributed by atoms with E-state index in [9.17, 15) is 14.4 Å². The minimum absolute atomic E-state index is 0.232. The van der Waals surface area contributed by atoms with Crippen molar-refractivity contribution >= 4 is 29.1 Å². The Kier molecular flexibility index (Phi) is 3.26. The molecule has 7 heteroatoms. The fourth-order valence-electron chi connectivity index (χ4n) is 2.06. The third kappa shape index (κ3) is 2.11. The van der Waals surface area contributed by atoms with E-state index >= 15 is 0 Å². The van der Waals surface area contributed by atoms with Crippen molar-refractivity contribution in [3.63, 3.8) is 0 Å². The summed E-state index contributed by atoms with van der Waals surface area (Å²) in [6, 6.07) is 6.34. The van der Waals surface area contributed by atoms with E-state index in [1.807, 2.05) is 6.92 Å². The van der Waals surface area contributed by atoms with Crippen LogP contribution in [0.5, 0.6) is 0 Å². The van der Waals surface area contributed by atoms with Gasteiger partial charge in [0.25, 0.3) is 11.8 Å². The molecule has 2 heterocycles. The summed E-state index contributed by atoms with van der Waals surface area (Å²) in [7, 11) is 0. The number of carbonyl (C=O) groups excluding carboxylic acids is 3. The van der Waals surface area contributed by atoms with Gasteiger partial charge in [-0.1, -0.05) is 24.1 Å². The summed E-state index contributed by atoms with van der Waals surface area (Å²) in [5.41, 5.74) is 2.57. The maximum atomic E-state index is 12.1. The smallest absolute Gasteiger partial charge is 0.323 e. The monoisotopic (exact) mass is 302 g/mol. The normalized spacial score (nSPS) is 13.5. The largest absolute Gasteiger partial charge is 0.375 e. The van der Waals surface area contributed by atoms with Crippen LogP contribution < -0.4 is 0 Å². The molecule has 2 amide bonds. The average molecular weight is 302 g/mol. The first-order chi connectivity index (χ1) is 10.1. The van der Waals surface area contributed by atoms with Crippen LogP contribution in [-0.2, 0) is 11.3 Å². The van der Waals surface area contributed by atoms with E-state index in [1.54, 1.807) is 12.1 Å². The van der Waals surface area contributed by atoms with Crippen LogP contribution in [0.25, 0.3) is 0 Å². The lowest BCUT2D eigenvalue weighted by Gasteiger charge is -2.12. The molecule has 0 spiro atoms. The van der Waals surface area contributed by atoms with Crippen molar-refractivity contribution in [3.05, 3.63) is 51.5 Å². The van der Waals surface area contributed by atoms with Gasteiger partial charge in [0.1, 0.15) is 4.88 Å². The van der Waals surface area contributed by atoms with Crippen molar-refractivity contribution in [3.8, 4) is 0 Å². The number of carbonyl (C=O) groups is 3. The van der Waals surface area contributed by atoms with E-state index in [1.165, 1.54) is 17.6 Å². The van der Waals surface area contributed by atoms with Gasteiger partial charge in [-0.25, -0.2) is 9.78 Å². The Balaban J connectivity index is 1.86. The van der Waals surface area contributed by atoms with Gasteiger partial charge in [0.05, 0.1) is 22.3 Å². The van der Waals surface area contributed by atoms with Crippen molar-refractivity contribution in [2.75, 3.05) is 0 Å². The number of aromatic nitrogens is 1. The van der Waals surface area contributed by atoms with Crippen molar-refractivity contribution in [1.29, 1.82) is 0 Å². The molecule has 6 nitrogen and oxygen atoms in total. The minimum atomic E-state index is -0.746. The molecule has 0 unspecified atom stereocenters. The average Bonchev–Trinajstić information content (AvgIpc) is 3.07. The molecule has 0 aliphatic carbocycles. The molecular formula is C14H10N2O4S. The molecule has 1 aliphatic rings. The van der Waals surface area contributed by atoms with Crippen molar-refractivity contribution in [2.45, 2.75) is 13.3 Å². The van der Waals surface area contributed by atoms with Crippen LogP contribution in [0.2, 0.25) is 0 Å². The SMILES string of the molecule is CCc1ncsc1C(=O)ON1C(=O)c2ccccc2C1=O. The molecule has 106 valence electrons. The Hall–Kier alpha value is -2.54. The van der Waals surface area contributed by atoms with E-state index < -0.39 is 17.8 Å². The number of hydrogen-bond acceptors (Lipinski definition) is 6. The molecule has 21 heavy (non-hydrogen) atoms. The summed E-state index contributed by atoms with van der Waals surface area (Å²) in [5.74, 6) is -2.01. The second-order valence-corrected chi connectivity index (χ2v) is 5.17. The van der Waals surface area contributed by atoms with Gasteiger partial charge >= 0.3 is 5.97 Å². The van der Waals surface area contributed by atoms with Gasteiger partial charge in [-0.2, -0.15) is 0 Å². The number of nitrogens with zero attached hydrogens (tertiary/aromatic N) is 2. The lowest BCUT2D eigenvalue weighted by molar-refractivity contribution is -0.0582. The summed E-state index contributed by atoms with van der Waals surface area (Å²) < 4.78 is 0. The number of hydrogen-bond donors (Lipinski definition) is 0. The molecule has 0 N–H and O–H groups in total. The van der Waals surface area contributed by atoms with Crippen LogP contribution in [0.3, 0.4) is 0 Å². The fraction of sp³-hybridized carbons (Fsp3) is 0.143. The predicted octanol–water partition coefficient (Wildman–Crippen LogP) is 2.07. The molecule has 0 fully saturated rings. The number of rotatable bonds is 3. The number of imide groups is 1. The highest BCUT2D eigenvalue weighted by Gasteiger charge is 2.39. The Bertz CT molecular complexity index is 718. The Morgan fingerprint density at radius 1 is 1.24 bits per heavy atom. The Morgan fingerprint density at radius 2 is 1.86 bits per heavy atom. The maximum absolute atomic E-state index is 12.1. The van der Waals surface area contributed by atoms with Crippen LogP contribution in [0.1, 0.15) is 43.0 Å². The maximum Gasteiger partial charge on any atom is 0.375 e. The molecule has 1 aromatic carbocycles. The van der Waals surface area contributed by atoms with Gasteiger partial charge < -0.3 is 4.84 Å². The van der Waals surface area contributed by atoms with Crippen molar-refractivity contribution in [2.24, 2.45) is 0 Å². The van der Waals surface area contributed by atoms with Crippen LogP contribution in [0, 0.1) is 0 Å². The predicted molar refractivity (Wildman–Crippen MR) is 73.8 cm³/mol. The molecule has 1 aliphatic heterocycles. The van der Waals surface area contributed by atoms with Crippen molar-refractivity contribution in [1.82, 2.24) is 10.0 Å². The third-order valence-corrected chi connectivity index (χ3v) is 3.94. The van der Waals surface area contributed by atoms with E-state index in [2.05, 4.69) is 4.98 Å². The second-order valence-electron chi connectivity index (χ2n) is 4.31. The summed E-state index contributed by atoms with van der Waals surface area (Å²) in [4.78, 5) is 45.6. The highest BCUT2D eigenvalue weighted by Crippen LogP contribution is 2.24. The summed E-state index contributed by atoms with van der Waals surface area (Å²) in [6.45, 7) is 1.86. The zero-order chi connectivity index (χ0) is 15.0. The highest BCUT2D eigenvalue weighted by atomic mass is 32.1. The molecule has 0 atom stereocenters. The van der Waals surface area contributed by atoms with Crippen LogP contribution >= 0.6 is 11.3 Å². The summed E-state index contributed by atoms with van der Waals surface area (Å²) >= 11 is 1.12. The van der Waals surface area contributed by atoms with Gasteiger partial charge in [-0.15, -0.1) is 11.3 Å². The van der Waals surface area contributed by atoms with E-state index in [4.69, 9.17) is 4.84 Å².